The third-order valence-electron chi connectivity index (χ3n) is 5.76. The van der Waals surface area contributed by atoms with E-state index in [0.29, 0.717) is 0 Å². The molecule has 1 aromatic rings. The minimum absolute atomic E-state index is 0.00900. The number of likely N-dealkylation sites (tertiary alicyclic amines) is 1. The summed E-state index contributed by atoms with van der Waals surface area (Å²) < 4.78 is 5.49. The Morgan fingerprint density at radius 2 is 2.00 bits per heavy atom. The summed E-state index contributed by atoms with van der Waals surface area (Å²) in [5, 5.41) is 3.33. The summed E-state index contributed by atoms with van der Waals surface area (Å²) in [4.78, 5) is 15.3. The number of nitrogens with one attached hydrogen (secondary N) is 1. The topological polar surface area (TPSA) is 41.6 Å². The van der Waals surface area contributed by atoms with Gasteiger partial charge in [0, 0.05) is 18.7 Å². The largest absolute Gasteiger partial charge is 0.367 e. The lowest BCUT2D eigenvalue weighted by atomic mass is 9.75. The Morgan fingerprint density at radius 3 is 2.65 bits per heavy atom. The molecule has 0 aromatic heterocycles. The van der Waals surface area contributed by atoms with Crippen molar-refractivity contribution in [3.05, 3.63) is 35.9 Å². The van der Waals surface area contributed by atoms with Crippen LogP contribution in [0.1, 0.15) is 50.2 Å². The monoisotopic (exact) mass is 316 g/mol. The maximum atomic E-state index is 12.8. The van der Waals surface area contributed by atoms with Gasteiger partial charge in [0.2, 0.25) is 0 Å². The van der Waals surface area contributed by atoms with Crippen molar-refractivity contribution >= 4 is 5.91 Å². The summed E-state index contributed by atoms with van der Waals surface area (Å²) in [6.45, 7) is 1.14. The third-order valence-corrected chi connectivity index (χ3v) is 5.76. The standard InChI is InChI=1S/C19H28N2O2/c1-21-14-8-13-19(21)12-7-6-11-16(19)20-18(22)17(23-2)15-9-4-3-5-10-15/h3-5,9-10,16-17H,6-8,11-14H2,1-2H3,(H,20,22)/t16-,17+,19+/m0/s1. The number of nitrogens with zero attached hydrogens (tertiary/aromatic N) is 1. The van der Waals surface area contributed by atoms with E-state index in [1.165, 1.54) is 32.1 Å². The van der Waals surface area contributed by atoms with Crippen LogP contribution in [0.3, 0.4) is 0 Å². The summed E-state index contributed by atoms with van der Waals surface area (Å²) in [7, 11) is 3.82. The van der Waals surface area contributed by atoms with E-state index in [4.69, 9.17) is 4.74 Å². The molecule has 2 aliphatic rings. The second-order valence-electron chi connectivity index (χ2n) is 6.96. The molecule has 1 aromatic carbocycles. The Morgan fingerprint density at radius 1 is 1.26 bits per heavy atom. The van der Waals surface area contributed by atoms with Crippen LogP contribution in [0.2, 0.25) is 0 Å². The zero-order chi connectivity index (χ0) is 16.3. The van der Waals surface area contributed by atoms with Gasteiger partial charge in [-0.3, -0.25) is 9.69 Å². The third kappa shape index (κ3) is 3.15. The van der Waals surface area contributed by atoms with Gasteiger partial charge < -0.3 is 10.1 Å². The van der Waals surface area contributed by atoms with E-state index >= 15 is 0 Å². The molecule has 0 unspecified atom stereocenters. The highest BCUT2D eigenvalue weighted by atomic mass is 16.5. The van der Waals surface area contributed by atoms with Gasteiger partial charge in [0.05, 0.1) is 0 Å². The predicted molar refractivity (Wildman–Crippen MR) is 91.2 cm³/mol. The second kappa shape index (κ2) is 7.02. The fourth-order valence-corrected chi connectivity index (χ4v) is 4.49. The van der Waals surface area contributed by atoms with Gasteiger partial charge in [-0.05, 0) is 44.8 Å². The molecule has 1 heterocycles. The van der Waals surface area contributed by atoms with Crippen molar-refractivity contribution in [2.75, 3.05) is 20.7 Å². The van der Waals surface area contributed by atoms with Crippen LogP contribution >= 0.6 is 0 Å². The fourth-order valence-electron chi connectivity index (χ4n) is 4.49. The van der Waals surface area contributed by atoms with Crippen molar-refractivity contribution in [2.24, 2.45) is 0 Å². The van der Waals surface area contributed by atoms with Gasteiger partial charge in [-0.1, -0.05) is 43.2 Å². The molecule has 3 atom stereocenters. The van der Waals surface area contributed by atoms with E-state index in [1.807, 2.05) is 30.3 Å². The summed E-state index contributed by atoms with van der Waals surface area (Å²) in [6, 6.07) is 9.98. The first-order valence-electron chi connectivity index (χ1n) is 8.77. The van der Waals surface area contributed by atoms with Crippen molar-refractivity contribution in [3.63, 3.8) is 0 Å². The van der Waals surface area contributed by atoms with Crippen molar-refractivity contribution in [3.8, 4) is 0 Å². The molecule has 1 saturated heterocycles. The molecule has 1 amide bonds. The summed E-state index contributed by atoms with van der Waals surface area (Å²) in [5.74, 6) is -0.00900. The number of rotatable bonds is 4. The number of hydrogen-bond acceptors (Lipinski definition) is 3. The number of likely N-dealkylation sites (N-methyl/N-ethyl adjacent to an activating group) is 1. The van der Waals surface area contributed by atoms with Crippen molar-refractivity contribution in [1.82, 2.24) is 10.2 Å². The van der Waals surface area contributed by atoms with Crippen molar-refractivity contribution in [1.29, 1.82) is 0 Å². The highest BCUT2D eigenvalue weighted by Gasteiger charge is 2.47. The lowest BCUT2D eigenvalue weighted by molar-refractivity contribution is -0.133. The molecule has 0 radical (unpaired) electrons. The number of methoxy groups -OCH3 is 1. The van der Waals surface area contributed by atoms with E-state index in [0.717, 1.165) is 18.5 Å². The molecule has 126 valence electrons. The molecule has 1 saturated carbocycles. The minimum Gasteiger partial charge on any atom is -0.367 e. The number of benzene rings is 1. The Labute approximate surface area is 139 Å². The van der Waals surface area contributed by atoms with Gasteiger partial charge in [-0.25, -0.2) is 0 Å². The van der Waals surface area contributed by atoms with Gasteiger partial charge in [-0.15, -0.1) is 0 Å². The zero-order valence-corrected chi connectivity index (χ0v) is 14.3. The van der Waals surface area contributed by atoms with Crippen molar-refractivity contribution < 1.29 is 9.53 Å². The van der Waals surface area contributed by atoms with Crippen LogP contribution < -0.4 is 5.32 Å². The molecule has 23 heavy (non-hydrogen) atoms. The van der Waals surface area contributed by atoms with Gasteiger partial charge in [0.25, 0.3) is 5.91 Å². The highest BCUT2D eigenvalue weighted by molar-refractivity contribution is 5.82. The van der Waals surface area contributed by atoms with Gasteiger partial charge in [0.1, 0.15) is 0 Å². The average Bonchev–Trinajstić information content (AvgIpc) is 2.93. The second-order valence-corrected chi connectivity index (χ2v) is 6.96. The highest BCUT2D eigenvalue weighted by Crippen LogP contribution is 2.41. The fraction of sp³-hybridized carbons (Fsp3) is 0.632. The lowest BCUT2D eigenvalue weighted by Gasteiger charge is -2.46. The van der Waals surface area contributed by atoms with Crippen LogP contribution in [0.5, 0.6) is 0 Å². The zero-order valence-electron chi connectivity index (χ0n) is 14.3. The Hall–Kier alpha value is -1.39. The first-order valence-corrected chi connectivity index (χ1v) is 8.77. The van der Waals surface area contributed by atoms with E-state index < -0.39 is 6.10 Å². The van der Waals surface area contributed by atoms with Crippen LogP contribution in [0, 0.1) is 0 Å². The molecule has 4 nitrogen and oxygen atoms in total. The predicted octanol–water partition coefficient (Wildman–Crippen LogP) is 2.90. The maximum absolute atomic E-state index is 12.8. The van der Waals surface area contributed by atoms with E-state index in [9.17, 15) is 4.79 Å². The summed E-state index contributed by atoms with van der Waals surface area (Å²) >= 11 is 0. The Bertz CT molecular complexity index is 533. The number of ether oxygens (including phenoxy) is 1. The molecule has 2 fully saturated rings. The molecule has 0 bridgehead atoms. The average molecular weight is 316 g/mol. The van der Waals surface area contributed by atoms with Crippen LogP contribution in [0.4, 0.5) is 0 Å². The summed E-state index contributed by atoms with van der Waals surface area (Å²) in [5.41, 5.74) is 1.07. The molecule has 1 spiro atoms. The lowest BCUT2D eigenvalue weighted by Crippen LogP contribution is -2.60. The first-order chi connectivity index (χ1) is 11.2. The quantitative estimate of drug-likeness (QED) is 0.928. The van der Waals surface area contributed by atoms with Crippen LogP contribution in [-0.4, -0.2) is 43.1 Å². The SMILES string of the molecule is CO[C@@H](C(=O)N[C@H]1CCCC[C@@]12CCCN2C)c1ccccc1. The van der Waals surface area contributed by atoms with Gasteiger partial charge >= 0.3 is 0 Å². The van der Waals surface area contributed by atoms with E-state index in [-0.39, 0.29) is 17.5 Å². The van der Waals surface area contributed by atoms with Gasteiger partial charge in [-0.2, -0.15) is 0 Å². The summed E-state index contributed by atoms with van der Waals surface area (Å²) in [6.07, 6.45) is 6.62. The molecule has 4 heteroatoms. The molecular formula is C19H28N2O2. The molecule has 1 aliphatic heterocycles. The molecule has 3 rings (SSSR count). The Balaban J connectivity index is 1.75. The van der Waals surface area contributed by atoms with Crippen LogP contribution in [-0.2, 0) is 9.53 Å². The molecule has 1 aliphatic carbocycles. The molecular weight excluding hydrogens is 288 g/mol. The minimum atomic E-state index is -0.526. The first kappa shape index (κ1) is 16.5. The van der Waals surface area contributed by atoms with Crippen molar-refractivity contribution in [2.45, 2.75) is 56.2 Å². The van der Waals surface area contributed by atoms with Crippen LogP contribution in [0.15, 0.2) is 30.3 Å². The maximum Gasteiger partial charge on any atom is 0.254 e. The van der Waals surface area contributed by atoms with Gasteiger partial charge in [0.15, 0.2) is 6.10 Å². The molecule has 1 N–H and O–H groups in total. The van der Waals surface area contributed by atoms with Crippen LogP contribution in [0.25, 0.3) is 0 Å². The normalized spacial score (nSPS) is 29.6. The van der Waals surface area contributed by atoms with E-state index in [1.54, 1.807) is 7.11 Å². The number of amides is 1. The van der Waals surface area contributed by atoms with E-state index in [2.05, 4.69) is 17.3 Å². The Kier molecular flexibility index (Phi) is 5.02. The smallest absolute Gasteiger partial charge is 0.254 e. The number of hydrogen-bond donors (Lipinski definition) is 1. The number of carbonyl (C=O) groups is 1. The number of carbonyl (C=O) groups excluding carboxylic acids is 1.